The number of urea groups is 1. The van der Waals surface area contributed by atoms with Gasteiger partial charge in [0.25, 0.3) is 0 Å². The topological polar surface area (TPSA) is 48.5 Å². The molecule has 0 spiro atoms. The van der Waals surface area contributed by atoms with Crippen LogP contribution in [0.2, 0.25) is 0 Å². The van der Waals surface area contributed by atoms with Gasteiger partial charge in [-0.05, 0) is 25.9 Å². The van der Waals surface area contributed by atoms with Gasteiger partial charge in [0.05, 0.1) is 6.54 Å². The molecule has 0 unspecified atom stereocenters. The van der Waals surface area contributed by atoms with E-state index in [1.54, 1.807) is 17.5 Å². The first-order valence-corrected chi connectivity index (χ1v) is 7.37. The largest absolute Gasteiger partial charge is 0.320 e. The molecule has 2 aliphatic rings. The van der Waals surface area contributed by atoms with Crippen LogP contribution in [0.4, 0.5) is 4.79 Å². The lowest BCUT2D eigenvalue weighted by Gasteiger charge is -2.31. The van der Waals surface area contributed by atoms with Gasteiger partial charge in [-0.1, -0.05) is 0 Å². The Bertz CT molecular complexity index is 402. The Labute approximate surface area is 111 Å². The van der Waals surface area contributed by atoms with Crippen molar-refractivity contribution in [3.05, 3.63) is 16.6 Å². The minimum absolute atomic E-state index is 0.192. The maximum atomic E-state index is 12.3. The quantitative estimate of drug-likeness (QED) is 0.892. The van der Waals surface area contributed by atoms with E-state index in [0.717, 1.165) is 44.0 Å². The summed E-state index contributed by atoms with van der Waals surface area (Å²) in [4.78, 5) is 20.6. The lowest BCUT2D eigenvalue weighted by Crippen LogP contribution is -2.45. The number of rotatable bonds is 3. The van der Waals surface area contributed by atoms with Gasteiger partial charge in [-0.2, -0.15) is 0 Å². The van der Waals surface area contributed by atoms with Gasteiger partial charge in [0.15, 0.2) is 0 Å². The fourth-order valence-electron chi connectivity index (χ4n) is 2.70. The van der Waals surface area contributed by atoms with Crippen molar-refractivity contribution in [2.75, 3.05) is 26.2 Å². The van der Waals surface area contributed by atoms with Crippen molar-refractivity contribution in [3.63, 3.8) is 0 Å². The molecule has 1 N–H and O–H groups in total. The number of piperidine rings is 1. The van der Waals surface area contributed by atoms with E-state index in [1.807, 2.05) is 10.3 Å². The van der Waals surface area contributed by atoms with Crippen LogP contribution in [0.3, 0.4) is 0 Å². The third-order valence-corrected chi connectivity index (χ3v) is 4.45. The van der Waals surface area contributed by atoms with E-state index in [9.17, 15) is 4.79 Å². The standard InChI is InChI=1S/C12H18N4OS/c17-12-15(9-11-14-5-8-18-11)6-7-16(12)10-1-3-13-4-2-10/h5,8,10,13H,1-4,6-7,9H2. The van der Waals surface area contributed by atoms with Crippen molar-refractivity contribution >= 4 is 17.4 Å². The lowest BCUT2D eigenvalue weighted by atomic mass is 10.1. The molecule has 3 rings (SSSR count). The third kappa shape index (κ3) is 2.35. The minimum Gasteiger partial charge on any atom is -0.320 e. The monoisotopic (exact) mass is 266 g/mol. The van der Waals surface area contributed by atoms with Crippen LogP contribution >= 0.6 is 11.3 Å². The fourth-order valence-corrected chi connectivity index (χ4v) is 3.33. The van der Waals surface area contributed by atoms with Crippen LogP contribution in [0.5, 0.6) is 0 Å². The van der Waals surface area contributed by atoms with Crippen molar-refractivity contribution in [1.29, 1.82) is 0 Å². The number of hydrogen-bond donors (Lipinski definition) is 1. The van der Waals surface area contributed by atoms with Gasteiger partial charge < -0.3 is 15.1 Å². The van der Waals surface area contributed by atoms with Gasteiger partial charge in [-0.3, -0.25) is 0 Å². The molecule has 0 radical (unpaired) electrons. The highest BCUT2D eigenvalue weighted by Crippen LogP contribution is 2.20. The van der Waals surface area contributed by atoms with Crippen LogP contribution in [-0.4, -0.2) is 53.0 Å². The molecule has 6 heteroatoms. The Morgan fingerprint density at radius 1 is 1.39 bits per heavy atom. The number of nitrogens with zero attached hydrogens (tertiary/aromatic N) is 3. The summed E-state index contributed by atoms with van der Waals surface area (Å²) in [6.45, 7) is 4.43. The molecule has 2 aliphatic heterocycles. The highest BCUT2D eigenvalue weighted by Gasteiger charge is 2.34. The van der Waals surface area contributed by atoms with E-state index >= 15 is 0 Å². The second-order valence-corrected chi connectivity index (χ2v) is 5.78. The van der Waals surface area contributed by atoms with Gasteiger partial charge in [-0.25, -0.2) is 9.78 Å². The predicted octanol–water partition coefficient (Wildman–Crippen LogP) is 1.13. The van der Waals surface area contributed by atoms with Crippen LogP contribution in [-0.2, 0) is 6.54 Å². The molecule has 1 aromatic rings. The molecule has 0 aromatic carbocycles. The molecule has 0 atom stereocenters. The Balaban J connectivity index is 1.61. The zero-order chi connectivity index (χ0) is 12.4. The molecule has 3 heterocycles. The highest BCUT2D eigenvalue weighted by atomic mass is 32.1. The number of carbonyl (C=O) groups excluding carboxylic acids is 1. The van der Waals surface area contributed by atoms with Crippen LogP contribution in [0.1, 0.15) is 17.8 Å². The average Bonchev–Trinajstić information content (AvgIpc) is 3.03. The smallest absolute Gasteiger partial charge is 0.320 e. The van der Waals surface area contributed by atoms with E-state index in [4.69, 9.17) is 0 Å². The van der Waals surface area contributed by atoms with Crippen LogP contribution in [0.25, 0.3) is 0 Å². The molecule has 0 aliphatic carbocycles. The highest BCUT2D eigenvalue weighted by molar-refractivity contribution is 7.09. The van der Waals surface area contributed by atoms with Crippen molar-refractivity contribution in [2.45, 2.75) is 25.4 Å². The molecular formula is C12H18N4OS. The van der Waals surface area contributed by atoms with Crippen molar-refractivity contribution in [2.24, 2.45) is 0 Å². The second-order valence-electron chi connectivity index (χ2n) is 4.80. The number of hydrogen-bond acceptors (Lipinski definition) is 4. The molecule has 0 bridgehead atoms. The summed E-state index contributed by atoms with van der Waals surface area (Å²) in [5, 5.41) is 6.32. The maximum Gasteiger partial charge on any atom is 0.320 e. The molecule has 0 saturated carbocycles. The molecule has 1 aromatic heterocycles. The van der Waals surface area contributed by atoms with Crippen molar-refractivity contribution < 1.29 is 4.79 Å². The Kier molecular flexibility index (Phi) is 3.47. The van der Waals surface area contributed by atoms with Gasteiger partial charge >= 0.3 is 6.03 Å². The van der Waals surface area contributed by atoms with E-state index in [0.29, 0.717) is 12.6 Å². The van der Waals surface area contributed by atoms with Gasteiger partial charge in [0.2, 0.25) is 0 Å². The van der Waals surface area contributed by atoms with Gasteiger partial charge in [-0.15, -0.1) is 11.3 Å². The van der Waals surface area contributed by atoms with Crippen molar-refractivity contribution in [3.8, 4) is 0 Å². The lowest BCUT2D eigenvalue weighted by molar-refractivity contribution is 0.164. The molecule has 2 saturated heterocycles. The van der Waals surface area contributed by atoms with Gasteiger partial charge in [0.1, 0.15) is 5.01 Å². The zero-order valence-electron chi connectivity index (χ0n) is 10.3. The summed E-state index contributed by atoms with van der Waals surface area (Å²) >= 11 is 1.62. The minimum atomic E-state index is 0.192. The number of aromatic nitrogens is 1. The zero-order valence-corrected chi connectivity index (χ0v) is 11.2. The number of amides is 2. The van der Waals surface area contributed by atoms with Crippen LogP contribution in [0.15, 0.2) is 11.6 Å². The molecular weight excluding hydrogens is 248 g/mol. The summed E-state index contributed by atoms with van der Waals surface area (Å²) in [6, 6.07) is 0.622. The maximum absolute atomic E-state index is 12.3. The Morgan fingerprint density at radius 2 is 2.22 bits per heavy atom. The first kappa shape index (κ1) is 11.9. The van der Waals surface area contributed by atoms with E-state index in [2.05, 4.69) is 15.2 Å². The second kappa shape index (κ2) is 5.24. The van der Waals surface area contributed by atoms with E-state index in [1.165, 1.54) is 0 Å². The summed E-state index contributed by atoms with van der Waals surface area (Å²) in [5.74, 6) is 0. The summed E-state index contributed by atoms with van der Waals surface area (Å²) < 4.78 is 0. The molecule has 2 fully saturated rings. The number of carbonyl (C=O) groups is 1. The number of thiazole rings is 1. The third-order valence-electron chi connectivity index (χ3n) is 3.69. The summed E-state index contributed by atoms with van der Waals surface area (Å²) in [6.07, 6.45) is 3.96. The van der Waals surface area contributed by atoms with Crippen LogP contribution < -0.4 is 5.32 Å². The normalized spacial score (nSPS) is 21.9. The SMILES string of the molecule is O=C1N(Cc2nccs2)CCN1C1CCNCC1. The molecule has 2 amide bonds. The summed E-state index contributed by atoms with van der Waals surface area (Å²) in [7, 11) is 0. The average molecular weight is 266 g/mol. The van der Waals surface area contributed by atoms with Gasteiger partial charge in [0, 0.05) is 30.7 Å². The molecule has 98 valence electrons. The van der Waals surface area contributed by atoms with Crippen LogP contribution in [0, 0.1) is 0 Å². The van der Waals surface area contributed by atoms with Crippen molar-refractivity contribution in [1.82, 2.24) is 20.1 Å². The first-order valence-electron chi connectivity index (χ1n) is 6.49. The summed E-state index contributed by atoms with van der Waals surface area (Å²) in [5.41, 5.74) is 0. The first-order chi connectivity index (χ1) is 8.84. The number of nitrogens with one attached hydrogen (secondary N) is 1. The molecule has 18 heavy (non-hydrogen) atoms. The molecule has 5 nitrogen and oxygen atoms in total. The Hall–Kier alpha value is -1.14. The Morgan fingerprint density at radius 3 is 2.94 bits per heavy atom. The van der Waals surface area contributed by atoms with E-state index < -0.39 is 0 Å². The predicted molar refractivity (Wildman–Crippen MR) is 70.5 cm³/mol. The fraction of sp³-hybridized carbons (Fsp3) is 0.667. The van der Waals surface area contributed by atoms with E-state index in [-0.39, 0.29) is 6.03 Å².